The first-order valence-electron chi connectivity index (χ1n) is 62.6. The molecular formula is C78H112N4O12. The largest absolute Gasteiger partial charge is 0.493 e. The van der Waals surface area contributed by atoms with Gasteiger partial charge in [-0.3, -0.25) is 38.8 Å². The zero-order valence-corrected chi connectivity index (χ0v) is 51.4. The van der Waals surface area contributed by atoms with Crippen LogP contribution in [0.15, 0.2) is 48.4 Å². The molecule has 4 aromatic rings. The van der Waals surface area contributed by atoms with Gasteiger partial charge in [-0.1, -0.05) is 68.0 Å². The second-order valence-electron chi connectivity index (χ2n) is 22.0. The average molecular weight is 1370 g/mol. The number of nitrogens with zero attached hydrogens (tertiary/aromatic N) is 4. The van der Waals surface area contributed by atoms with E-state index in [1.54, 1.807) is 13.8 Å². The third-order valence-electron chi connectivity index (χ3n) is 14.9. The first-order chi connectivity index (χ1) is 71.3. The summed E-state index contributed by atoms with van der Waals surface area (Å²) in [7, 11) is -22.2. The monoisotopic (exact) mass is 1370 g/mol. The van der Waals surface area contributed by atoms with Crippen LogP contribution in [0.2, 0.25) is 0 Å². The van der Waals surface area contributed by atoms with Crippen LogP contribution in [0.1, 0.15) is 281 Å². The van der Waals surface area contributed by atoms with Crippen molar-refractivity contribution in [1.29, 1.82) is 0 Å². The van der Waals surface area contributed by atoms with Crippen LogP contribution in [-0.2, 0) is 44.7 Å². The number of carbonyl (C=O) groups is 4. The van der Waals surface area contributed by atoms with Crippen molar-refractivity contribution in [2.75, 3.05) is 109 Å². The van der Waals surface area contributed by atoms with Gasteiger partial charge in [-0.15, -0.1) is 0 Å². The van der Waals surface area contributed by atoms with Gasteiger partial charge in [0.15, 0.2) is 46.0 Å². The summed E-state index contributed by atoms with van der Waals surface area (Å²) in [5.74, 6) is -30.2. The van der Waals surface area contributed by atoms with Crippen LogP contribution in [0, 0.1) is 47.2 Å². The second kappa shape index (κ2) is 32.7. The normalized spacial score (nSPS) is 47.7. The summed E-state index contributed by atoms with van der Waals surface area (Å²) in [6.45, 7) is -15.9. The van der Waals surface area contributed by atoms with E-state index in [-0.39, 0.29) is 29.7 Å². The van der Waals surface area contributed by atoms with Crippen LogP contribution in [0.3, 0.4) is 0 Å². The molecule has 16 nitrogen and oxygen atoms in total. The maximum absolute atomic E-state index is 14.0. The number of carbonyl (C=O) groups excluding carboxylic acids is 4. The molecule has 516 valence electrons. The van der Waals surface area contributed by atoms with Crippen molar-refractivity contribution in [2.24, 2.45) is 47.2 Å². The van der Waals surface area contributed by atoms with Gasteiger partial charge in [0, 0.05) is 176 Å². The first kappa shape index (κ1) is 24.7. The van der Waals surface area contributed by atoms with E-state index >= 15 is 0 Å². The van der Waals surface area contributed by atoms with Crippen molar-refractivity contribution in [3.05, 3.63) is 92.9 Å². The number of ether oxygens (including phenoxy) is 8. The number of Topliss-reactive ketones (excluding diaryl/α,β-unsaturated/α-hetero) is 4. The summed E-state index contributed by atoms with van der Waals surface area (Å²) >= 11 is 0. The molecular weight excluding hydrogens is 1180 g/mol. The minimum Gasteiger partial charge on any atom is -0.493 e. The molecule has 8 aliphatic heterocycles. The molecule has 8 heterocycles. The molecule has 94 heavy (non-hydrogen) atoms. The number of hydrogen-bond acceptors (Lipinski definition) is 16. The maximum atomic E-state index is 14.0. The van der Waals surface area contributed by atoms with E-state index in [0.29, 0.717) is 42.2 Å². The van der Waals surface area contributed by atoms with E-state index in [0.717, 1.165) is 12.0 Å². The van der Waals surface area contributed by atoms with E-state index in [1.165, 1.54) is 0 Å². The Labute approximate surface area is 657 Å². The van der Waals surface area contributed by atoms with Crippen LogP contribution in [0.25, 0.3) is 0 Å². The highest BCUT2D eigenvalue weighted by molar-refractivity contribution is 5.85. The van der Waals surface area contributed by atoms with Crippen molar-refractivity contribution in [1.82, 2.24) is 19.6 Å². The van der Waals surface area contributed by atoms with Gasteiger partial charge >= 0.3 is 0 Å². The fourth-order valence-corrected chi connectivity index (χ4v) is 10.5. The van der Waals surface area contributed by atoms with Crippen molar-refractivity contribution in [3.63, 3.8) is 0 Å². The molecule has 4 saturated heterocycles. The SMILES string of the molecule is [2H]C([2H])([2H])Oc1cc2c(cc1OC([2H])([2H])[2H])C1([2H])N(CC([2H])(CC(C)C)C(=O)C1([2H])[2H])C([2H])([2H])C2([2H])[2H].[2H]c1c(OC([2H])([2H])[2H])c(OC([2H])([2H])[2H])c([2H])c2c1C([2H])([2H])C([2H])([2H])N1CC([2H])(C([2H])([2H])C([2H])(C([2H])[2H])C([2H])([2H])C)C(=O)C([2H])([2H])C21[2H].[2H]c1c(OC([2H])([2H])[2H])c(OC([2H])([2H])[2H])c([2H])c2c1C1([2H])CC(=O)C(CC(C)C)CN1C([2H])([2H])C2([2H])[2H].[2H]c1c(OC([2H])([2H])[2H])c(OC)c([2H])c2c1C1([2H])CC(=O)C(C([2H])([2H])C([2H])(C([2H])([2H])[2H])C([2H])([2H])C)CN1C([2H])([2H])C2([2H])[2H]. The smallest absolute Gasteiger partial charge is 0.161 e. The molecule has 4 aromatic carbocycles. The predicted molar refractivity (Wildman–Crippen MR) is 370 cm³/mol. The Morgan fingerprint density at radius 3 is 1.35 bits per heavy atom. The molecule has 0 amide bonds. The van der Waals surface area contributed by atoms with Crippen LogP contribution >= 0.6 is 0 Å². The Kier molecular flexibility index (Phi) is 8.58. The highest BCUT2D eigenvalue weighted by Gasteiger charge is 2.43. The molecule has 0 saturated carbocycles. The minimum absolute atomic E-state index is 0.0438. The van der Waals surface area contributed by atoms with Gasteiger partial charge in [0.25, 0.3) is 0 Å². The third kappa shape index (κ3) is 16.4. The van der Waals surface area contributed by atoms with Crippen LogP contribution < -0.4 is 37.9 Å². The number of aryl methyl sites for hydroxylation is 1. The number of ketones is 4. The highest BCUT2D eigenvalue weighted by atomic mass is 16.5. The fraction of sp³-hybridized carbons (Fsp3) is 0.641. The Bertz CT molecular complexity index is 6400. The molecule has 12 rings (SSSR count). The molecule has 0 radical (unpaired) electrons. The molecule has 16 heteroatoms. The molecule has 8 aliphatic rings. The second-order valence-corrected chi connectivity index (χ2v) is 22.0. The van der Waals surface area contributed by atoms with Crippen LogP contribution in [0.4, 0.5) is 0 Å². The predicted octanol–water partition coefficient (Wildman–Crippen LogP) is 13.7. The van der Waals surface area contributed by atoms with Crippen molar-refractivity contribution < 1.29 is 150 Å². The molecule has 10 atom stereocenters. The van der Waals surface area contributed by atoms with Gasteiger partial charge in [0.1, 0.15) is 23.1 Å². The number of benzene rings is 4. The molecule has 10 unspecified atom stereocenters. The van der Waals surface area contributed by atoms with Gasteiger partial charge in [-0.25, -0.2) is 0 Å². The van der Waals surface area contributed by atoms with Gasteiger partial charge < -0.3 is 37.9 Å². The lowest BCUT2D eigenvalue weighted by Crippen LogP contribution is -2.46. The van der Waals surface area contributed by atoms with Crippen molar-refractivity contribution in [2.45, 2.75) is 169 Å². The molecule has 0 bridgehead atoms. The molecule has 0 spiro atoms. The summed E-state index contributed by atoms with van der Waals surface area (Å²) in [4.78, 5) is 55.4. The topological polar surface area (TPSA) is 155 Å². The van der Waals surface area contributed by atoms with Crippen molar-refractivity contribution in [3.8, 4) is 46.0 Å². The zero-order chi connectivity index (χ0) is 127. The lowest BCUT2D eigenvalue weighted by molar-refractivity contribution is -0.130. The fourth-order valence-electron chi connectivity index (χ4n) is 10.5. The van der Waals surface area contributed by atoms with Crippen molar-refractivity contribution >= 4 is 23.1 Å². The first-order valence-corrected chi connectivity index (χ1v) is 28.5. The highest BCUT2D eigenvalue weighted by Crippen LogP contribution is 2.48. The Morgan fingerprint density at radius 2 is 0.883 bits per heavy atom. The molecule has 0 N–H and O–H groups in total. The summed E-state index contributed by atoms with van der Waals surface area (Å²) < 4.78 is 596. The summed E-state index contributed by atoms with van der Waals surface area (Å²) in [5.41, 5.74) is -7.49. The quantitative estimate of drug-likeness (QED) is 0.0926. The van der Waals surface area contributed by atoms with Crippen LogP contribution in [0.5, 0.6) is 46.0 Å². The van der Waals surface area contributed by atoms with E-state index in [4.69, 9.17) is 119 Å². The zero-order valence-electron chi connectivity index (χ0n) is 119. The van der Waals surface area contributed by atoms with Gasteiger partial charge in [0.05, 0.1) is 98.9 Å². The number of hydrogen-bond donors (Lipinski definition) is 0. The summed E-state index contributed by atoms with van der Waals surface area (Å²) in [6, 6.07) is -17.7. The van der Waals surface area contributed by atoms with Crippen LogP contribution in [-0.4, -0.2) is 151 Å². The molecule has 0 aromatic heterocycles. The number of rotatable bonds is 18. The lowest BCUT2D eigenvalue weighted by Gasteiger charge is -2.43. The molecule has 4 fully saturated rings. The lowest BCUT2D eigenvalue weighted by atomic mass is 9.79. The Hall–Kier alpha value is -6.20. The maximum Gasteiger partial charge on any atom is 0.161 e. The Morgan fingerprint density at radius 1 is 0.479 bits per heavy atom. The number of fused-ring (bicyclic) bond motifs is 12. The van der Waals surface area contributed by atoms with Gasteiger partial charge in [-0.05, 0) is 168 Å². The minimum atomic E-state index is -4.17. The van der Waals surface area contributed by atoms with E-state index in [9.17, 15) is 21.9 Å². The summed E-state index contributed by atoms with van der Waals surface area (Å²) in [5, 5.41) is 0. The third-order valence-corrected chi connectivity index (χ3v) is 14.9. The van der Waals surface area contributed by atoms with E-state index < -0.39 is 395 Å². The van der Waals surface area contributed by atoms with Gasteiger partial charge in [0.2, 0.25) is 0 Å². The standard InChI is InChI=1S/2C20H29NO3.2C19H27NO3/c2*1-5-13(2)8-15-12-21-7-6-14-9-19(23-3)20(24-4)10-16(14)17(21)11-18(15)22;2*1-12(2)7-14-11-20-6-5-13-8-18(22-3)19(23-4)9-15(13)16(20)10-17(14)21/h2*9-10,13,15,17H,5-8,11-12H2,1-4H3;2*8-9,12,14,16H,5-7,10-11H2,1-4H3/i2D2,3D3,4D3,5D2,6D2,7D2,8D2,9D,10D,11D2,13D,15D,17D;2D3,4D3,5D2,6D2,7D2,8D2,9D,10D,13D,17D;3D3,4D3,5D2,6D2,10D2,14D,16D;3D3,4D3,5D2,6D2,8D,9D,16D. The number of piperidine rings is 4. The molecule has 0 aliphatic carbocycles. The summed E-state index contributed by atoms with van der Waals surface area (Å²) in [6.07, 6.45) is -36.3. The van der Waals surface area contributed by atoms with E-state index in [2.05, 4.69) is 9.47 Å². The van der Waals surface area contributed by atoms with E-state index in [1.807, 2.05) is 13.8 Å². The number of methoxy groups -OCH3 is 8. The Balaban J connectivity index is 0.000000239. The average Bonchev–Trinajstić information content (AvgIpc) is 0.649. The van der Waals surface area contributed by atoms with Gasteiger partial charge in [-0.2, -0.15) is 0 Å².